The Bertz CT molecular complexity index is 454. The molecular weight excluding hydrogens is 246 g/mol. The van der Waals surface area contributed by atoms with Gasteiger partial charge in [-0.1, -0.05) is 12.2 Å². The number of amides is 2. The molecule has 0 unspecified atom stereocenters. The number of nitrogens with two attached hydrogens (primary N) is 1. The van der Waals surface area contributed by atoms with E-state index in [-0.39, 0.29) is 6.03 Å². The molecular formula is C13H17N3OS. The van der Waals surface area contributed by atoms with Crippen LogP contribution < -0.4 is 16.0 Å². The molecule has 1 fully saturated rings. The van der Waals surface area contributed by atoms with Gasteiger partial charge in [-0.2, -0.15) is 0 Å². The minimum atomic E-state index is -0.0669. The zero-order valence-corrected chi connectivity index (χ0v) is 11.2. The molecule has 1 aromatic rings. The van der Waals surface area contributed by atoms with Gasteiger partial charge in [0.05, 0.1) is 0 Å². The molecule has 2 rings (SSSR count). The van der Waals surface area contributed by atoms with Crippen LogP contribution >= 0.6 is 12.2 Å². The van der Waals surface area contributed by atoms with Crippen LogP contribution in [0, 0.1) is 0 Å². The van der Waals surface area contributed by atoms with Gasteiger partial charge in [0.1, 0.15) is 4.99 Å². The fraction of sp³-hybridized carbons (Fsp3) is 0.385. The third kappa shape index (κ3) is 2.79. The van der Waals surface area contributed by atoms with E-state index >= 15 is 0 Å². The van der Waals surface area contributed by atoms with E-state index in [0.717, 1.165) is 24.1 Å². The van der Waals surface area contributed by atoms with Gasteiger partial charge < -0.3 is 11.1 Å². The number of nitrogens with zero attached hydrogens (tertiary/aromatic N) is 1. The molecule has 0 spiro atoms. The predicted molar refractivity (Wildman–Crippen MR) is 76.9 cm³/mol. The smallest absolute Gasteiger partial charge is 0.321 e. The van der Waals surface area contributed by atoms with Crippen LogP contribution in [-0.4, -0.2) is 24.1 Å². The van der Waals surface area contributed by atoms with Crippen molar-refractivity contribution >= 4 is 28.9 Å². The second-order valence-corrected chi connectivity index (χ2v) is 4.99. The van der Waals surface area contributed by atoms with E-state index in [4.69, 9.17) is 18.0 Å². The highest BCUT2D eigenvalue weighted by molar-refractivity contribution is 7.80. The molecule has 3 N–H and O–H groups in total. The van der Waals surface area contributed by atoms with Gasteiger partial charge in [-0.25, -0.2) is 4.79 Å². The Balaban J connectivity index is 2.00. The van der Waals surface area contributed by atoms with Gasteiger partial charge in [0.15, 0.2) is 0 Å². The van der Waals surface area contributed by atoms with E-state index in [0.29, 0.717) is 11.0 Å². The maximum Gasteiger partial charge on any atom is 0.321 e. The second-order valence-electron chi connectivity index (χ2n) is 4.55. The van der Waals surface area contributed by atoms with Crippen molar-refractivity contribution in [2.24, 2.45) is 5.73 Å². The van der Waals surface area contributed by atoms with Crippen molar-refractivity contribution < 1.29 is 4.79 Å². The van der Waals surface area contributed by atoms with Crippen LogP contribution in [0.1, 0.15) is 24.8 Å². The third-order valence-corrected chi connectivity index (χ3v) is 3.51. The Morgan fingerprint density at radius 2 is 2.00 bits per heavy atom. The van der Waals surface area contributed by atoms with Gasteiger partial charge in [0, 0.05) is 24.3 Å². The number of rotatable bonds is 3. The van der Waals surface area contributed by atoms with Gasteiger partial charge in [-0.3, -0.25) is 4.90 Å². The molecule has 1 aromatic carbocycles. The lowest BCUT2D eigenvalue weighted by Crippen LogP contribution is -2.46. The normalized spacial score (nSPS) is 14.7. The monoisotopic (exact) mass is 263 g/mol. The van der Waals surface area contributed by atoms with Crippen molar-refractivity contribution in [3.8, 4) is 0 Å². The molecule has 0 heterocycles. The highest BCUT2D eigenvalue weighted by Gasteiger charge is 2.21. The van der Waals surface area contributed by atoms with E-state index in [9.17, 15) is 4.79 Å². The Morgan fingerprint density at radius 1 is 1.39 bits per heavy atom. The maximum atomic E-state index is 11.9. The van der Waals surface area contributed by atoms with E-state index in [1.54, 1.807) is 11.9 Å². The molecule has 1 aliphatic carbocycles. The molecule has 1 aliphatic rings. The first-order valence-electron chi connectivity index (χ1n) is 6.02. The van der Waals surface area contributed by atoms with Crippen molar-refractivity contribution in [1.29, 1.82) is 0 Å². The summed E-state index contributed by atoms with van der Waals surface area (Å²) in [5.74, 6) is 0. The van der Waals surface area contributed by atoms with Gasteiger partial charge in [0.2, 0.25) is 0 Å². The standard InChI is InChI=1S/C13H17N3OS/c1-16(13(17)15-10-3-2-4-10)11-7-5-9(6-8-11)12(14)18/h5-8,10H,2-4H2,1H3,(H2,14,18)(H,15,17). The molecule has 1 saturated carbocycles. The van der Waals surface area contributed by atoms with E-state index < -0.39 is 0 Å². The summed E-state index contributed by atoms with van der Waals surface area (Å²) in [5.41, 5.74) is 7.16. The van der Waals surface area contributed by atoms with Gasteiger partial charge in [0.25, 0.3) is 0 Å². The predicted octanol–water partition coefficient (Wildman–Crippen LogP) is 2.02. The number of anilines is 1. The highest BCUT2D eigenvalue weighted by Crippen LogP contribution is 2.19. The van der Waals surface area contributed by atoms with Gasteiger partial charge >= 0.3 is 6.03 Å². The summed E-state index contributed by atoms with van der Waals surface area (Å²) in [6, 6.07) is 7.61. The SMILES string of the molecule is CN(C(=O)NC1CCC1)c1ccc(C(N)=S)cc1. The average Bonchev–Trinajstić information content (AvgIpc) is 2.32. The lowest BCUT2D eigenvalue weighted by atomic mass is 9.93. The lowest BCUT2D eigenvalue weighted by Gasteiger charge is -2.29. The number of thiocarbonyl (C=S) groups is 1. The molecule has 18 heavy (non-hydrogen) atoms. The second kappa shape index (κ2) is 5.35. The van der Waals surface area contributed by atoms with E-state index in [1.165, 1.54) is 6.42 Å². The molecule has 4 nitrogen and oxygen atoms in total. The molecule has 0 saturated heterocycles. The van der Waals surface area contributed by atoms with Crippen LogP contribution in [0.25, 0.3) is 0 Å². The van der Waals surface area contributed by atoms with E-state index in [1.807, 2.05) is 24.3 Å². The number of carbonyl (C=O) groups is 1. The molecule has 0 bridgehead atoms. The largest absolute Gasteiger partial charge is 0.389 e. The summed E-state index contributed by atoms with van der Waals surface area (Å²) in [6.45, 7) is 0. The highest BCUT2D eigenvalue weighted by atomic mass is 32.1. The Morgan fingerprint density at radius 3 is 2.44 bits per heavy atom. The quantitative estimate of drug-likeness (QED) is 0.820. The van der Waals surface area contributed by atoms with Crippen LogP contribution in [0.2, 0.25) is 0 Å². The molecule has 96 valence electrons. The van der Waals surface area contributed by atoms with Crippen molar-refractivity contribution in [1.82, 2.24) is 5.32 Å². The summed E-state index contributed by atoms with van der Waals surface area (Å²) in [6.07, 6.45) is 3.37. The van der Waals surface area contributed by atoms with Crippen LogP contribution in [0.5, 0.6) is 0 Å². The molecule has 0 aliphatic heterocycles. The Labute approximate surface area is 112 Å². The maximum absolute atomic E-state index is 11.9. The van der Waals surface area contributed by atoms with Crippen molar-refractivity contribution in [2.45, 2.75) is 25.3 Å². The Kier molecular flexibility index (Phi) is 3.81. The molecule has 0 radical (unpaired) electrons. The summed E-state index contributed by atoms with van der Waals surface area (Å²) >= 11 is 4.89. The van der Waals surface area contributed by atoms with Gasteiger partial charge in [-0.15, -0.1) is 0 Å². The van der Waals surface area contributed by atoms with Crippen LogP contribution in [0.15, 0.2) is 24.3 Å². The fourth-order valence-corrected chi connectivity index (χ4v) is 1.93. The van der Waals surface area contributed by atoms with E-state index in [2.05, 4.69) is 5.32 Å². The summed E-state index contributed by atoms with van der Waals surface area (Å²) < 4.78 is 0. The van der Waals surface area contributed by atoms with Crippen molar-refractivity contribution in [3.63, 3.8) is 0 Å². The van der Waals surface area contributed by atoms with Crippen LogP contribution in [0.4, 0.5) is 10.5 Å². The third-order valence-electron chi connectivity index (χ3n) is 3.28. The zero-order valence-electron chi connectivity index (χ0n) is 10.3. The first kappa shape index (κ1) is 12.8. The van der Waals surface area contributed by atoms with Crippen molar-refractivity contribution in [2.75, 3.05) is 11.9 Å². The van der Waals surface area contributed by atoms with Gasteiger partial charge in [-0.05, 0) is 43.5 Å². The minimum absolute atomic E-state index is 0.0669. The van der Waals surface area contributed by atoms with Crippen LogP contribution in [0.3, 0.4) is 0 Å². The number of hydrogen-bond donors (Lipinski definition) is 2. The van der Waals surface area contributed by atoms with Crippen LogP contribution in [-0.2, 0) is 0 Å². The molecule has 5 heteroatoms. The first-order valence-corrected chi connectivity index (χ1v) is 6.43. The van der Waals surface area contributed by atoms with Crippen molar-refractivity contribution in [3.05, 3.63) is 29.8 Å². The topological polar surface area (TPSA) is 58.4 Å². The number of urea groups is 1. The number of benzene rings is 1. The summed E-state index contributed by atoms with van der Waals surface area (Å²) in [7, 11) is 1.75. The fourth-order valence-electron chi connectivity index (χ4n) is 1.79. The molecule has 0 aromatic heterocycles. The zero-order chi connectivity index (χ0) is 13.1. The number of nitrogens with one attached hydrogen (secondary N) is 1. The number of carbonyl (C=O) groups excluding carboxylic acids is 1. The lowest BCUT2D eigenvalue weighted by molar-refractivity contribution is 0.235. The minimum Gasteiger partial charge on any atom is -0.389 e. The molecule has 0 atom stereocenters. The summed E-state index contributed by atoms with van der Waals surface area (Å²) in [4.78, 5) is 13.9. The average molecular weight is 263 g/mol. The Hall–Kier alpha value is -1.62. The number of hydrogen-bond acceptors (Lipinski definition) is 2. The molecule has 2 amide bonds. The first-order chi connectivity index (χ1) is 8.58. The summed E-state index contributed by atoms with van der Waals surface area (Å²) in [5, 5.41) is 2.99.